The average Bonchev–Trinajstić information content (AvgIpc) is 2.38. The van der Waals surface area contributed by atoms with Crippen molar-refractivity contribution in [3.8, 4) is 11.8 Å². The zero-order chi connectivity index (χ0) is 14.3. The maximum Gasteiger partial charge on any atom is 0.153 e. The minimum absolute atomic E-state index is 0.0251. The Morgan fingerprint density at radius 2 is 1.95 bits per heavy atom. The summed E-state index contributed by atoms with van der Waals surface area (Å²) in [7, 11) is -3.05. The Bertz CT molecular complexity index is 529. The third-order valence-electron chi connectivity index (χ3n) is 2.88. The Morgan fingerprint density at radius 3 is 2.47 bits per heavy atom. The third kappa shape index (κ3) is 5.75. The molecule has 0 spiro atoms. The van der Waals surface area contributed by atoms with E-state index in [4.69, 9.17) is 10.00 Å². The van der Waals surface area contributed by atoms with E-state index < -0.39 is 9.84 Å². The highest BCUT2D eigenvalue weighted by Crippen LogP contribution is 2.12. The van der Waals surface area contributed by atoms with Gasteiger partial charge in [0, 0.05) is 0 Å². The molecular formula is C14H19NO3S. The van der Waals surface area contributed by atoms with Crippen LogP contribution >= 0.6 is 0 Å². The van der Waals surface area contributed by atoms with Crippen LogP contribution in [-0.4, -0.2) is 26.5 Å². The lowest BCUT2D eigenvalue weighted by atomic mass is 10.2. The molecule has 1 aromatic rings. The van der Waals surface area contributed by atoms with E-state index in [1.165, 1.54) is 0 Å². The molecule has 1 unspecified atom stereocenters. The number of nitrogens with zero attached hydrogens (tertiary/aromatic N) is 1. The van der Waals surface area contributed by atoms with Crippen LogP contribution in [0.15, 0.2) is 24.3 Å². The summed E-state index contributed by atoms with van der Waals surface area (Å²) in [6.45, 7) is 4.05. The van der Waals surface area contributed by atoms with E-state index in [2.05, 4.69) is 0 Å². The van der Waals surface area contributed by atoms with Gasteiger partial charge in [0.15, 0.2) is 9.84 Å². The van der Waals surface area contributed by atoms with Gasteiger partial charge in [0.25, 0.3) is 0 Å². The molecule has 0 heterocycles. The maximum atomic E-state index is 11.8. The molecule has 0 saturated carbocycles. The van der Waals surface area contributed by atoms with Gasteiger partial charge in [-0.15, -0.1) is 0 Å². The molecule has 1 atom stereocenters. The Labute approximate surface area is 114 Å². The van der Waals surface area contributed by atoms with Gasteiger partial charge in [-0.25, -0.2) is 8.42 Å². The molecule has 5 heteroatoms. The van der Waals surface area contributed by atoms with E-state index in [1.54, 1.807) is 24.3 Å². The predicted molar refractivity (Wildman–Crippen MR) is 74.8 cm³/mol. The van der Waals surface area contributed by atoms with Gasteiger partial charge in [-0.3, -0.25) is 0 Å². The minimum Gasteiger partial charge on any atom is -0.493 e. The van der Waals surface area contributed by atoms with Crippen LogP contribution in [0.2, 0.25) is 0 Å². The summed E-state index contributed by atoms with van der Waals surface area (Å²) in [4.78, 5) is 0. The number of sulfone groups is 1. The van der Waals surface area contributed by atoms with Crippen LogP contribution in [0.5, 0.6) is 5.75 Å². The lowest BCUT2D eigenvalue weighted by Gasteiger charge is -2.10. The fourth-order valence-corrected chi connectivity index (χ4v) is 3.15. The second-order valence-electron chi connectivity index (χ2n) is 4.61. The topological polar surface area (TPSA) is 67.2 Å². The van der Waals surface area contributed by atoms with Gasteiger partial charge >= 0.3 is 0 Å². The second-order valence-corrected chi connectivity index (χ2v) is 6.84. The SMILES string of the molecule is CCC(C)CS(=O)(=O)CCOc1ccc(C#N)cc1. The number of benzene rings is 1. The van der Waals surface area contributed by atoms with Gasteiger partial charge in [-0.1, -0.05) is 20.3 Å². The summed E-state index contributed by atoms with van der Waals surface area (Å²) in [5, 5.41) is 8.65. The van der Waals surface area contributed by atoms with Crippen LogP contribution in [0.25, 0.3) is 0 Å². The number of hydrogen-bond donors (Lipinski definition) is 0. The first-order chi connectivity index (χ1) is 8.96. The van der Waals surface area contributed by atoms with Crippen molar-refractivity contribution >= 4 is 9.84 Å². The van der Waals surface area contributed by atoms with Crippen molar-refractivity contribution in [2.45, 2.75) is 20.3 Å². The summed E-state index contributed by atoms with van der Waals surface area (Å²) in [6.07, 6.45) is 0.857. The predicted octanol–water partition coefficient (Wildman–Crippen LogP) is 2.40. The van der Waals surface area contributed by atoms with Crippen molar-refractivity contribution < 1.29 is 13.2 Å². The van der Waals surface area contributed by atoms with E-state index in [1.807, 2.05) is 19.9 Å². The molecule has 0 saturated heterocycles. The minimum atomic E-state index is -3.05. The van der Waals surface area contributed by atoms with E-state index >= 15 is 0 Å². The van der Waals surface area contributed by atoms with Crippen LogP contribution in [0.1, 0.15) is 25.8 Å². The van der Waals surface area contributed by atoms with Gasteiger partial charge in [0.2, 0.25) is 0 Å². The Balaban J connectivity index is 2.43. The molecule has 0 bridgehead atoms. The number of nitriles is 1. The van der Waals surface area contributed by atoms with Crippen molar-refractivity contribution in [1.82, 2.24) is 0 Å². The zero-order valence-electron chi connectivity index (χ0n) is 11.3. The molecule has 4 nitrogen and oxygen atoms in total. The average molecular weight is 281 g/mol. The van der Waals surface area contributed by atoms with Gasteiger partial charge < -0.3 is 4.74 Å². The van der Waals surface area contributed by atoms with Crippen molar-refractivity contribution in [2.75, 3.05) is 18.1 Å². The quantitative estimate of drug-likeness (QED) is 0.769. The number of rotatable bonds is 7. The van der Waals surface area contributed by atoms with Gasteiger partial charge in [-0.05, 0) is 30.2 Å². The molecule has 0 fully saturated rings. The standard InChI is InChI=1S/C14H19NO3S/c1-3-12(2)11-19(16,17)9-8-18-14-6-4-13(10-15)5-7-14/h4-7,12H,3,8-9,11H2,1-2H3. The molecule has 0 aliphatic heterocycles. The number of ether oxygens (including phenoxy) is 1. The fraction of sp³-hybridized carbons (Fsp3) is 0.500. The molecule has 1 rings (SSSR count). The lowest BCUT2D eigenvalue weighted by molar-refractivity contribution is 0.340. The van der Waals surface area contributed by atoms with Gasteiger partial charge in [0.1, 0.15) is 12.4 Å². The zero-order valence-corrected chi connectivity index (χ0v) is 12.1. The monoisotopic (exact) mass is 281 g/mol. The van der Waals surface area contributed by atoms with Crippen LogP contribution in [-0.2, 0) is 9.84 Å². The largest absolute Gasteiger partial charge is 0.493 e. The molecule has 0 N–H and O–H groups in total. The molecule has 0 aromatic heterocycles. The second kappa shape index (κ2) is 7.15. The molecule has 0 amide bonds. The first kappa shape index (κ1) is 15.5. The summed E-state index contributed by atoms with van der Waals surface area (Å²) in [5.74, 6) is 0.995. The molecular weight excluding hydrogens is 262 g/mol. The highest BCUT2D eigenvalue weighted by molar-refractivity contribution is 7.91. The summed E-state index contributed by atoms with van der Waals surface area (Å²) in [5.41, 5.74) is 0.553. The van der Waals surface area contributed by atoms with Gasteiger partial charge in [-0.2, -0.15) is 5.26 Å². The lowest BCUT2D eigenvalue weighted by Crippen LogP contribution is -2.20. The summed E-state index contributed by atoms with van der Waals surface area (Å²) >= 11 is 0. The van der Waals surface area contributed by atoms with Crippen LogP contribution in [0.3, 0.4) is 0 Å². The van der Waals surface area contributed by atoms with E-state index in [0.29, 0.717) is 11.3 Å². The Morgan fingerprint density at radius 1 is 1.32 bits per heavy atom. The molecule has 1 aromatic carbocycles. The summed E-state index contributed by atoms with van der Waals surface area (Å²) in [6, 6.07) is 8.63. The highest BCUT2D eigenvalue weighted by Gasteiger charge is 2.14. The summed E-state index contributed by atoms with van der Waals surface area (Å²) < 4.78 is 28.9. The van der Waals surface area contributed by atoms with Crippen LogP contribution in [0, 0.1) is 17.2 Å². The third-order valence-corrected chi connectivity index (χ3v) is 4.75. The van der Waals surface area contributed by atoms with Gasteiger partial charge in [0.05, 0.1) is 23.1 Å². The van der Waals surface area contributed by atoms with E-state index in [-0.39, 0.29) is 24.0 Å². The van der Waals surface area contributed by atoms with E-state index in [9.17, 15) is 8.42 Å². The Kier molecular flexibility index (Phi) is 5.84. The van der Waals surface area contributed by atoms with Crippen molar-refractivity contribution in [3.63, 3.8) is 0 Å². The first-order valence-electron chi connectivity index (χ1n) is 6.30. The number of hydrogen-bond acceptors (Lipinski definition) is 4. The van der Waals surface area contributed by atoms with Crippen LogP contribution in [0.4, 0.5) is 0 Å². The molecule has 0 aliphatic carbocycles. The normalized spacial score (nSPS) is 12.7. The molecule has 0 radical (unpaired) electrons. The Hall–Kier alpha value is -1.54. The maximum absolute atomic E-state index is 11.8. The first-order valence-corrected chi connectivity index (χ1v) is 8.12. The van der Waals surface area contributed by atoms with Crippen molar-refractivity contribution in [2.24, 2.45) is 5.92 Å². The van der Waals surface area contributed by atoms with Crippen molar-refractivity contribution in [3.05, 3.63) is 29.8 Å². The fourth-order valence-electron chi connectivity index (χ4n) is 1.55. The molecule has 19 heavy (non-hydrogen) atoms. The molecule has 104 valence electrons. The molecule has 0 aliphatic rings. The van der Waals surface area contributed by atoms with Crippen molar-refractivity contribution in [1.29, 1.82) is 5.26 Å². The highest BCUT2D eigenvalue weighted by atomic mass is 32.2. The van der Waals surface area contributed by atoms with Crippen LogP contribution < -0.4 is 4.74 Å². The smallest absolute Gasteiger partial charge is 0.153 e. The van der Waals surface area contributed by atoms with E-state index in [0.717, 1.165) is 6.42 Å².